The molecule has 1 atom stereocenters. The third-order valence-corrected chi connectivity index (χ3v) is 4.92. The van der Waals surface area contributed by atoms with Gasteiger partial charge in [-0.15, -0.1) is 0 Å². The Hall–Kier alpha value is -3.25. The zero-order valence-corrected chi connectivity index (χ0v) is 15.4. The van der Waals surface area contributed by atoms with Crippen molar-refractivity contribution in [2.24, 2.45) is 0 Å². The fraction of sp³-hybridized carbons (Fsp3) is 0.227. The molecule has 0 bridgehead atoms. The zero-order chi connectivity index (χ0) is 18.8. The number of H-pyrrole nitrogens is 1. The number of aromatic amines is 1. The van der Waals surface area contributed by atoms with Crippen LogP contribution in [0.1, 0.15) is 12.0 Å². The van der Waals surface area contributed by atoms with Gasteiger partial charge in [-0.05, 0) is 30.8 Å². The van der Waals surface area contributed by atoms with E-state index in [0.717, 1.165) is 52.5 Å². The van der Waals surface area contributed by atoms with Gasteiger partial charge in [-0.3, -0.25) is 5.10 Å². The summed E-state index contributed by atoms with van der Waals surface area (Å²) >= 11 is 0. The molecule has 6 heteroatoms. The molecular weight excluding hydrogens is 354 g/mol. The average Bonchev–Trinajstić information content (AvgIpc) is 3.37. The predicted molar refractivity (Wildman–Crippen MR) is 106 cm³/mol. The average molecular weight is 375 g/mol. The molecule has 1 aliphatic rings. The quantitative estimate of drug-likeness (QED) is 0.496. The summed E-state index contributed by atoms with van der Waals surface area (Å²) in [4.78, 5) is 0. The van der Waals surface area contributed by atoms with Crippen molar-refractivity contribution < 1.29 is 13.9 Å². The molecule has 0 fully saturated rings. The minimum atomic E-state index is 0.0570. The highest BCUT2D eigenvalue weighted by Crippen LogP contribution is 2.31. The van der Waals surface area contributed by atoms with Crippen LogP contribution >= 0.6 is 0 Å². The van der Waals surface area contributed by atoms with E-state index in [9.17, 15) is 0 Å². The number of furan rings is 1. The molecule has 0 unspecified atom stereocenters. The van der Waals surface area contributed by atoms with Gasteiger partial charge in [0.1, 0.15) is 24.0 Å². The van der Waals surface area contributed by atoms with Crippen LogP contribution in [0.5, 0.6) is 11.5 Å². The number of fused-ring (bicyclic) bond motifs is 2. The molecule has 5 rings (SSSR count). The van der Waals surface area contributed by atoms with Crippen LogP contribution in [0.15, 0.2) is 65.2 Å². The number of ether oxygens (including phenoxy) is 2. The zero-order valence-electron chi connectivity index (χ0n) is 15.4. The molecule has 0 saturated carbocycles. The van der Waals surface area contributed by atoms with Crippen molar-refractivity contribution >= 4 is 11.0 Å². The van der Waals surface area contributed by atoms with Crippen LogP contribution in [0.3, 0.4) is 0 Å². The summed E-state index contributed by atoms with van der Waals surface area (Å²) in [5, 5.41) is 11.8. The van der Waals surface area contributed by atoms with Gasteiger partial charge >= 0.3 is 0 Å². The summed E-state index contributed by atoms with van der Waals surface area (Å²) in [5.74, 6) is 2.44. The number of nitrogens with one attached hydrogen (secondary N) is 2. The fourth-order valence-electron chi connectivity index (χ4n) is 3.45. The van der Waals surface area contributed by atoms with Gasteiger partial charge in [-0.1, -0.05) is 30.3 Å². The summed E-state index contributed by atoms with van der Waals surface area (Å²) in [5.41, 5.74) is 2.86. The van der Waals surface area contributed by atoms with Crippen molar-refractivity contribution in [2.45, 2.75) is 19.1 Å². The summed E-state index contributed by atoms with van der Waals surface area (Å²) in [6.07, 6.45) is 2.76. The van der Waals surface area contributed by atoms with Gasteiger partial charge in [0.15, 0.2) is 17.3 Å². The Balaban J connectivity index is 1.18. The topological polar surface area (TPSA) is 72.3 Å². The van der Waals surface area contributed by atoms with E-state index in [4.69, 9.17) is 13.9 Å². The molecule has 6 nitrogen and oxygen atoms in total. The first kappa shape index (κ1) is 16.9. The Kier molecular flexibility index (Phi) is 4.47. The molecule has 0 aliphatic carbocycles. The van der Waals surface area contributed by atoms with Gasteiger partial charge in [-0.25, -0.2) is 0 Å². The molecule has 0 radical (unpaired) electrons. The maximum Gasteiger partial charge on any atom is 0.161 e. The Morgan fingerprint density at radius 2 is 1.93 bits per heavy atom. The maximum absolute atomic E-state index is 6.00. The molecule has 142 valence electrons. The lowest BCUT2D eigenvalue weighted by molar-refractivity contribution is 0.0849. The monoisotopic (exact) mass is 375 g/mol. The van der Waals surface area contributed by atoms with Crippen molar-refractivity contribution in [3.63, 3.8) is 0 Å². The Bertz CT molecular complexity index is 1050. The number of aromatic nitrogens is 2. The Morgan fingerprint density at radius 3 is 2.86 bits per heavy atom. The number of nitrogens with zero attached hydrogens (tertiary/aromatic N) is 1. The predicted octanol–water partition coefficient (Wildman–Crippen LogP) is 4.14. The molecule has 0 spiro atoms. The van der Waals surface area contributed by atoms with Crippen molar-refractivity contribution in [3.05, 3.63) is 66.4 Å². The number of rotatable bonds is 6. The second-order valence-corrected chi connectivity index (χ2v) is 6.88. The van der Waals surface area contributed by atoms with E-state index in [0.29, 0.717) is 13.2 Å². The standard InChI is InChI=1S/C22H21N3O3/c1-2-6-18-15(5-1)11-21(28-18)22-16(13-24-25-22)12-23-10-9-17-14-26-19-7-3-4-8-20(19)27-17/h1-8,11,13,17,23H,9-10,12,14H2,(H,24,25)/t17-/m0/s1. The van der Waals surface area contributed by atoms with E-state index in [2.05, 4.69) is 15.5 Å². The highest BCUT2D eigenvalue weighted by atomic mass is 16.6. The van der Waals surface area contributed by atoms with E-state index in [-0.39, 0.29) is 6.10 Å². The number of hydrogen-bond acceptors (Lipinski definition) is 5. The fourth-order valence-corrected chi connectivity index (χ4v) is 3.45. The van der Waals surface area contributed by atoms with E-state index in [1.165, 1.54) is 0 Å². The van der Waals surface area contributed by atoms with E-state index < -0.39 is 0 Å². The van der Waals surface area contributed by atoms with Crippen LogP contribution in [0.25, 0.3) is 22.4 Å². The van der Waals surface area contributed by atoms with E-state index >= 15 is 0 Å². The van der Waals surface area contributed by atoms with Gasteiger partial charge in [-0.2, -0.15) is 5.10 Å². The summed E-state index contributed by atoms with van der Waals surface area (Å²) in [6, 6.07) is 17.8. The first-order valence-electron chi connectivity index (χ1n) is 9.47. The van der Waals surface area contributed by atoms with Crippen LogP contribution in [-0.4, -0.2) is 29.5 Å². The summed E-state index contributed by atoms with van der Waals surface area (Å²) in [7, 11) is 0. The number of hydrogen-bond donors (Lipinski definition) is 2. The summed E-state index contributed by atoms with van der Waals surface area (Å²) < 4.78 is 17.7. The third kappa shape index (κ3) is 3.34. The van der Waals surface area contributed by atoms with Gasteiger partial charge in [0.2, 0.25) is 0 Å². The highest BCUT2D eigenvalue weighted by Gasteiger charge is 2.20. The number of benzene rings is 2. The van der Waals surface area contributed by atoms with Crippen molar-refractivity contribution in [2.75, 3.05) is 13.2 Å². The van der Waals surface area contributed by atoms with Crippen LogP contribution in [0.4, 0.5) is 0 Å². The lowest BCUT2D eigenvalue weighted by Gasteiger charge is -2.26. The summed E-state index contributed by atoms with van der Waals surface area (Å²) in [6.45, 7) is 2.10. The first-order chi connectivity index (χ1) is 13.9. The van der Waals surface area contributed by atoms with Gasteiger partial charge < -0.3 is 19.2 Å². The smallest absolute Gasteiger partial charge is 0.161 e. The highest BCUT2D eigenvalue weighted by molar-refractivity contribution is 5.82. The molecule has 1 aliphatic heterocycles. The molecule has 4 aromatic rings. The molecular formula is C22H21N3O3. The van der Waals surface area contributed by atoms with E-state index in [1.54, 1.807) is 0 Å². The normalized spacial score (nSPS) is 15.8. The second-order valence-electron chi connectivity index (χ2n) is 6.88. The van der Waals surface area contributed by atoms with E-state index in [1.807, 2.05) is 60.8 Å². The number of para-hydroxylation sites is 3. The first-order valence-corrected chi connectivity index (χ1v) is 9.47. The lowest BCUT2D eigenvalue weighted by atomic mass is 10.2. The minimum Gasteiger partial charge on any atom is -0.486 e. The van der Waals surface area contributed by atoms with Crippen molar-refractivity contribution in [1.82, 2.24) is 15.5 Å². The van der Waals surface area contributed by atoms with Crippen LogP contribution in [0.2, 0.25) is 0 Å². The largest absolute Gasteiger partial charge is 0.486 e. The van der Waals surface area contributed by atoms with Crippen LogP contribution in [-0.2, 0) is 6.54 Å². The molecule has 2 aromatic carbocycles. The Labute approximate surface area is 162 Å². The Morgan fingerprint density at radius 1 is 1.07 bits per heavy atom. The van der Waals surface area contributed by atoms with Gasteiger partial charge in [0.05, 0.1) is 6.20 Å². The molecule has 0 saturated heterocycles. The molecule has 2 aromatic heterocycles. The molecule has 3 heterocycles. The van der Waals surface area contributed by atoms with Crippen molar-refractivity contribution in [3.8, 4) is 23.0 Å². The molecule has 0 amide bonds. The van der Waals surface area contributed by atoms with Crippen LogP contribution < -0.4 is 14.8 Å². The van der Waals surface area contributed by atoms with Crippen molar-refractivity contribution in [1.29, 1.82) is 0 Å². The molecule has 2 N–H and O–H groups in total. The van der Waals surface area contributed by atoms with Gasteiger partial charge in [0, 0.05) is 23.9 Å². The maximum atomic E-state index is 6.00. The minimum absolute atomic E-state index is 0.0570. The SMILES string of the molecule is c1ccc2c(c1)OC[C@H](CCNCc1cn[nH]c1-c1cc3ccccc3o1)O2. The molecule has 28 heavy (non-hydrogen) atoms. The second kappa shape index (κ2) is 7.40. The van der Waals surface area contributed by atoms with Crippen LogP contribution in [0, 0.1) is 0 Å². The lowest BCUT2D eigenvalue weighted by Crippen LogP contribution is -2.32. The third-order valence-electron chi connectivity index (χ3n) is 4.92. The van der Waals surface area contributed by atoms with Gasteiger partial charge in [0.25, 0.3) is 0 Å².